The summed E-state index contributed by atoms with van der Waals surface area (Å²) >= 11 is 0. The molecule has 0 saturated heterocycles. The number of benzene rings is 1. The van der Waals surface area contributed by atoms with Crippen LogP contribution in [0.4, 0.5) is 5.82 Å². The summed E-state index contributed by atoms with van der Waals surface area (Å²) in [5, 5.41) is 1.21. The highest BCUT2D eigenvalue weighted by Crippen LogP contribution is 2.33. The van der Waals surface area contributed by atoms with E-state index in [9.17, 15) is 0 Å². The number of aromatic nitrogens is 1. The summed E-state index contributed by atoms with van der Waals surface area (Å²) in [4.78, 5) is 4.34. The standard InChI is InChI=1S/C15H18N2/c16-15-9-7-13-10-12(6-8-14(13)17-15)11-4-2-1-3-5-11/h6-11H,1-5H2,(H2,16,17). The van der Waals surface area contributed by atoms with Crippen molar-refractivity contribution in [2.75, 3.05) is 5.73 Å². The quantitative estimate of drug-likeness (QED) is 0.801. The summed E-state index contributed by atoms with van der Waals surface area (Å²) in [6.45, 7) is 0. The Bertz CT molecular complexity index is 527. The van der Waals surface area contributed by atoms with Gasteiger partial charge in [-0.3, -0.25) is 0 Å². The topological polar surface area (TPSA) is 38.9 Å². The molecule has 3 rings (SSSR count). The lowest BCUT2D eigenvalue weighted by Crippen LogP contribution is -2.04. The average Bonchev–Trinajstić information content (AvgIpc) is 2.39. The minimum absolute atomic E-state index is 0.600. The molecule has 0 amide bonds. The first-order valence-corrected chi connectivity index (χ1v) is 6.49. The molecule has 2 N–H and O–H groups in total. The van der Waals surface area contributed by atoms with Crippen LogP contribution in [0, 0.1) is 0 Å². The van der Waals surface area contributed by atoms with Gasteiger partial charge in [0.1, 0.15) is 5.82 Å². The number of hydrogen-bond donors (Lipinski definition) is 1. The zero-order chi connectivity index (χ0) is 11.7. The van der Waals surface area contributed by atoms with Gasteiger partial charge in [-0.15, -0.1) is 0 Å². The molecule has 1 fully saturated rings. The van der Waals surface area contributed by atoms with Crippen LogP contribution in [0.25, 0.3) is 10.9 Å². The smallest absolute Gasteiger partial charge is 0.124 e. The lowest BCUT2D eigenvalue weighted by Gasteiger charge is -2.22. The maximum atomic E-state index is 5.69. The number of rotatable bonds is 1. The summed E-state index contributed by atoms with van der Waals surface area (Å²) in [7, 11) is 0. The zero-order valence-electron chi connectivity index (χ0n) is 10.0. The number of anilines is 1. The first kappa shape index (κ1) is 10.6. The van der Waals surface area contributed by atoms with Crippen molar-refractivity contribution in [2.45, 2.75) is 38.0 Å². The second-order valence-corrected chi connectivity index (χ2v) is 5.02. The molecule has 0 bridgehead atoms. The minimum Gasteiger partial charge on any atom is -0.384 e. The minimum atomic E-state index is 0.600. The molecule has 1 aliphatic carbocycles. The maximum absolute atomic E-state index is 5.69. The number of nitrogens with zero attached hydrogens (tertiary/aromatic N) is 1. The van der Waals surface area contributed by atoms with Gasteiger partial charge in [-0.2, -0.15) is 0 Å². The van der Waals surface area contributed by atoms with Crippen LogP contribution in [0.3, 0.4) is 0 Å². The van der Waals surface area contributed by atoms with Crippen LogP contribution >= 0.6 is 0 Å². The number of nitrogen functional groups attached to an aromatic ring is 1. The molecule has 0 aliphatic heterocycles. The van der Waals surface area contributed by atoms with Gasteiger partial charge in [-0.1, -0.05) is 25.3 Å². The summed E-state index contributed by atoms with van der Waals surface area (Å²) in [5.41, 5.74) is 8.17. The van der Waals surface area contributed by atoms with E-state index in [1.807, 2.05) is 6.07 Å². The summed E-state index contributed by atoms with van der Waals surface area (Å²) < 4.78 is 0. The highest BCUT2D eigenvalue weighted by atomic mass is 14.8. The Morgan fingerprint density at radius 1 is 1.00 bits per heavy atom. The van der Waals surface area contributed by atoms with Crippen LogP contribution in [0.5, 0.6) is 0 Å². The number of fused-ring (bicyclic) bond motifs is 1. The average molecular weight is 226 g/mol. The molecule has 1 aromatic carbocycles. The molecule has 88 valence electrons. The molecule has 0 unspecified atom stereocenters. The third-order valence-electron chi connectivity index (χ3n) is 3.81. The first-order valence-electron chi connectivity index (χ1n) is 6.49. The van der Waals surface area contributed by atoms with E-state index in [2.05, 4.69) is 29.2 Å². The van der Waals surface area contributed by atoms with E-state index in [1.54, 1.807) is 0 Å². The van der Waals surface area contributed by atoms with Crippen molar-refractivity contribution < 1.29 is 0 Å². The third-order valence-corrected chi connectivity index (χ3v) is 3.81. The molecule has 0 spiro atoms. The highest BCUT2D eigenvalue weighted by Gasteiger charge is 2.15. The number of pyridine rings is 1. The Morgan fingerprint density at radius 2 is 1.82 bits per heavy atom. The van der Waals surface area contributed by atoms with Crippen LogP contribution < -0.4 is 5.73 Å². The fraction of sp³-hybridized carbons (Fsp3) is 0.400. The van der Waals surface area contributed by atoms with E-state index >= 15 is 0 Å². The fourth-order valence-electron chi connectivity index (χ4n) is 2.85. The third kappa shape index (κ3) is 2.12. The predicted octanol–water partition coefficient (Wildman–Crippen LogP) is 3.86. The van der Waals surface area contributed by atoms with Crippen LogP contribution in [0.15, 0.2) is 30.3 Å². The second-order valence-electron chi connectivity index (χ2n) is 5.02. The van der Waals surface area contributed by atoms with Gasteiger partial charge in [-0.05, 0) is 48.6 Å². The molecule has 0 radical (unpaired) electrons. The van der Waals surface area contributed by atoms with Gasteiger partial charge < -0.3 is 5.73 Å². The van der Waals surface area contributed by atoms with Gasteiger partial charge in [0.2, 0.25) is 0 Å². The van der Waals surface area contributed by atoms with Gasteiger partial charge in [0.05, 0.1) is 5.52 Å². The van der Waals surface area contributed by atoms with Crippen molar-refractivity contribution in [3.05, 3.63) is 35.9 Å². The van der Waals surface area contributed by atoms with Crippen molar-refractivity contribution in [3.63, 3.8) is 0 Å². The molecule has 2 heteroatoms. The Labute approximate surface area is 102 Å². The summed E-state index contributed by atoms with van der Waals surface area (Å²) in [6.07, 6.45) is 6.84. The molecule has 1 aromatic heterocycles. The molecule has 2 nitrogen and oxygen atoms in total. The van der Waals surface area contributed by atoms with Crippen molar-refractivity contribution in [2.24, 2.45) is 0 Å². The summed E-state index contributed by atoms with van der Waals surface area (Å²) in [6, 6.07) is 10.6. The van der Waals surface area contributed by atoms with Crippen LogP contribution in [-0.2, 0) is 0 Å². The Morgan fingerprint density at radius 3 is 2.65 bits per heavy atom. The van der Waals surface area contributed by atoms with E-state index in [-0.39, 0.29) is 0 Å². The van der Waals surface area contributed by atoms with Gasteiger partial charge in [0.15, 0.2) is 0 Å². The number of hydrogen-bond acceptors (Lipinski definition) is 2. The van der Waals surface area contributed by atoms with E-state index < -0.39 is 0 Å². The van der Waals surface area contributed by atoms with Crippen LogP contribution in [-0.4, -0.2) is 4.98 Å². The molecule has 1 heterocycles. The van der Waals surface area contributed by atoms with Gasteiger partial charge in [0, 0.05) is 5.39 Å². The molecule has 1 aliphatic rings. The largest absolute Gasteiger partial charge is 0.384 e. The SMILES string of the molecule is Nc1ccc2cc(C3CCCCC3)ccc2n1. The molecule has 2 aromatic rings. The normalized spacial score (nSPS) is 17.4. The summed E-state index contributed by atoms with van der Waals surface area (Å²) in [5.74, 6) is 1.36. The highest BCUT2D eigenvalue weighted by molar-refractivity contribution is 5.80. The zero-order valence-corrected chi connectivity index (χ0v) is 10.0. The molecular weight excluding hydrogens is 208 g/mol. The number of nitrogens with two attached hydrogens (primary N) is 1. The van der Waals surface area contributed by atoms with Gasteiger partial charge >= 0.3 is 0 Å². The lowest BCUT2D eigenvalue weighted by atomic mass is 9.84. The van der Waals surface area contributed by atoms with E-state index in [1.165, 1.54) is 43.1 Å². The van der Waals surface area contributed by atoms with Crippen LogP contribution in [0.1, 0.15) is 43.6 Å². The molecular formula is C15H18N2. The Kier molecular flexibility index (Phi) is 2.71. The first-order chi connectivity index (χ1) is 8.33. The van der Waals surface area contributed by atoms with E-state index in [4.69, 9.17) is 5.73 Å². The van der Waals surface area contributed by atoms with Crippen molar-refractivity contribution in [3.8, 4) is 0 Å². The second kappa shape index (κ2) is 4.36. The lowest BCUT2D eigenvalue weighted by molar-refractivity contribution is 0.444. The van der Waals surface area contributed by atoms with Crippen molar-refractivity contribution in [1.82, 2.24) is 4.98 Å². The van der Waals surface area contributed by atoms with E-state index in [0.717, 1.165) is 11.4 Å². The van der Waals surface area contributed by atoms with Crippen molar-refractivity contribution >= 4 is 16.7 Å². The van der Waals surface area contributed by atoms with Gasteiger partial charge in [-0.25, -0.2) is 4.98 Å². The Hall–Kier alpha value is -1.57. The van der Waals surface area contributed by atoms with Gasteiger partial charge in [0.25, 0.3) is 0 Å². The molecule has 0 atom stereocenters. The monoisotopic (exact) mass is 226 g/mol. The predicted molar refractivity (Wildman–Crippen MR) is 72.0 cm³/mol. The Balaban J connectivity index is 1.98. The molecule has 1 saturated carbocycles. The van der Waals surface area contributed by atoms with E-state index in [0.29, 0.717) is 5.82 Å². The van der Waals surface area contributed by atoms with Crippen LogP contribution in [0.2, 0.25) is 0 Å². The molecule has 17 heavy (non-hydrogen) atoms. The fourth-order valence-corrected chi connectivity index (χ4v) is 2.85. The maximum Gasteiger partial charge on any atom is 0.124 e. The van der Waals surface area contributed by atoms with Crippen molar-refractivity contribution in [1.29, 1.82) is 0 Å².